The van der Waals surface area contributed by atoms with Crippen molar-refractivity contribution in [3.8, 4) is 0 Å². The first-order valence-electron chi connectivity index (χ1n) is 9.31. The van der Waals surface area contributed by atoms with Gasteiger partial charge in [0.05, 0.1) is 18.1 Å². The number of hydrogen-bond donors (Lipinski definition) is 0. The van der Waals surface area contributed by atoms with Crippen molar-refractivity contribution in [3.05, 3.63) is 53.9 Å². The molecule has 2 aromatic rings. The van der Waals surface area contributed by atoms with Gasteiger partial charge in [-0.25, -0.2) is 9.37 Å². The first kappa shape index (κ1) is 17.2. The largest absolute Gasteiger partial charge is 0.335 e. The van der Waals surface area contributed by atoms with E-state index in [-0.39, 0.29) is 17.8 Å². The van der Waals surface area contributed by atoms with Crippen molar-refractivity contribution in [2.24, 2.45) is 11.8 Å². The van der Waals surface area contributed by atoms with Crippen LogP contribution in [-0.4, -0.2) is 44.9 Å². The number of hydrogen-bond acceptors (Lipinski definition) is 3. The molecule has 3 atom stereocenters. The molecule has 3 heterocycles. The molecular formula is C20H25FN4O. The van der Waals surface area contributed by atoms with Gasteiger partial charge >= 0.3 is 0 Å². The molecule has 0 spiro atoms. The summed E-state index contributed by atoms with van der Waals surface area (Å²) in [5, 5.41) is 0. The third kappa shape index (κ3) is 3.03. The van der Waals surface area contributed by atoms with Crippen molar-refractivity contribution in [1.29, 1.82) is 0 Å². The Balaban J connectivity index is 1.55. The molecule has 2 fully saturated rings. The highest BCUT2D eigenvalue weighted by Gasteiger charge is 2.48. The SMILES string of the molecule is CCn1cncc1CN1C[C@@H]2CN(C(C)=O)[C@H](c3cccc(F)c3)[C@@H]2C1. The standard InChI is InChI=1S/C20H25FN4O/c1-3-24-13-22-8-18(24)11-23-9-16-10-25(14(2)26)20(19(16)12-23)15-5-4-6-17(21)7-15/h4-8,13,16,19-20H,3,9-12H2,1-2H3/t16-,19-,20-/m1/s1. The third-order valence-corrected chi connectivity index (χ3v) is 5.86. The van der Waals surface area contributed by atoms with Crippen molar-refractivity contribution in [3.63, 3.8) is 0 Å². The molecule has 2 saturated heterocycles. The van der Waals surface area contributed by atoms with Crippen LogP contribution in [0.25, 0.3) is 0 Å². The number of benzene rings is 1. The molecule has 0 radical (unpaired) electrons. The maximum absolute atomic E-state index is 13.8. The zero-order chi connectivity index (χ0) is 18.3. The van der Waals surface area contributed by atoms with Gasteiger partial charge in [0.25, 0.3) is 0 Å². The number of likely N-dealkylation sites (tertiary alicyclic amines) is 2. The molecule has 1 aromatic heterocycles. The summed E-state index contributed by atoms with van der Waals surface area (Å²) in [5.41, 5.74) is 2.13. The molecule has 4 rings (SSSR count). The lowest BCUT2D eigenvalue weighted by molar-refractivity contribution is -0.130. The molecule has 1 amide bonds. The van der Waals surface area contributed by atoms with Crippen LogP contribution in [0.2, 0.25) is 0 Å². The molecule has 1 aromatic carbocycles. The van der Waals surface area contributed by atoms with Gasteiger partial charge in [0.15, 0.2) is 0 Å². The highest BCUT2D eigenvalue weighted by atomic mass is 19.1. The molecule has 2 aliphatic heterocycles. The first-order chi connectivity index (χ1) is 12.6. The van der Waals surface area contributed by atoms with Crippen LogP contribution in [0.5, 0.6) is 0 Å². The van der Waals surface area contributed by atoms with E-state index in [1.807, 2.05) is 23.5 Å². The number of carbonyl (C=O) groups excluding carboxylic acids is 1. The maximum Gasteiger partial charge on any atom is 0.219 e. The molecule has 26 heavy (non-hydrogen) atoms. The quantitative estimate of drug-likeness (QED) is 0.846. The average Bonchev–Trinajstić information content (AvgIpc) is 3.28. The first-order valence-corrected chi connectivity index (χ1v) is 9.31. The van der Waals surface area contributed by atoms with Gasteiger partial charge in [0, 0.05) is 51.8 Å². The average molecular weight is 356 g/mol. The smallest absolute Gasteiger partial charge is 0.219 e. The lowest BCUT2D eigenvalue weighted by atomic mass is 9.89. The van der Waals surface area contributed by atoms with E-state index in [0.29, 0.717) is 11.8 Å². The lowest BCUT2D eigenvalue weighted by Crippen LogP contribution is -2.34. The fourth-order valence-corrected chi connectivity index (χ4v) is 4.70. The zero-order valence-electron chi connectivity index (χ0n) is 15.3. The maximum atomic E-state index is 13.8. The number of imidazole rings is 1. The fraction of sp³-hybridized carbons (Fsp3) is 0.500. The van der Waals surface area contributed by atoms with Crippen LogP contribution in [0, 0.1) is 17.7 Å². The van der Waals surface area contributed by atoms with Gasteiger partial charge in [-0.1, -0.05) is 12.1 Å². The van der Waals surface area contributed by atoms with E-state index in [0.717, 1.165) is 38.3 Å². The third-order valence-electron chi connectivity index (χ3n) is 5.86. The minimum absolute atomic E-state index is 0.0331. The minimum atomic E-state index is -0.240. The molecule has 5 nitrogen and oxygen atoms in total. The van der Waals surface area contributed by atoms with Gasteiger partial charge in [0.2, 0.25) is 5.91 Å². The molecule has 0 N–H and O–H groups in total. The number of aryl methyl sites for hydroxylation is 1. The Morgan fingerprint density at radius 2 is 2.15 bits per heavy atom. The number of aromatic nitrogens is 2. The van der Waals surface area contributed by atoms with Gasteiger partial charge in [-0.3, -0.25) is 9.69 Å². The number of rotatable bonds is 4. The number of carbonyl (C=O) groups is 1. The van der Waals surface area contributed by atoms with Crippen LogP contribution < -0.4 is 0 Å². The van der Waals surface area contributed by atoms with E-state index in [1.54, 1.807) is 19.1 Å². The number of fused-ring (bicyclic) bond motifs is 1. The summed E-state index contributed by atoms with van der Waals surface area (Å²) in [6.07, 6.45) is 3.81. The Morgan fingerprint density at radius 3 is 2.88 bits per heavy atom. The van der Waals surface area contributed by atoms with Gasteiger partial charge in [-0.15, -0.1) is 0 Å². The molecular weight excluding hydrogens is 331 g/mol. The Kier molecular flexibility index (Phi) is 4.53. The lowest BCUT2D eigenvalue weighted by Gasteiger charge is -2.29. The van der Waals surface area contributed by atoms with Crippen molar-refractivity contribution in [1.82, 2.24) is 19.4 Å². The fourth-order valence-electron chi connectivity index (χ4n) is 4.70. The van der Waals surface area contributed by atoms with E-state index in [2.05, 4.69) is 21.4 Å². The summed E-state index contributed by atoms with van der Waals surface area (Å²) in [5.74, 6) is 0.615. The van der Waals surface area contributed by atoms with E-state index in [9.17, 15) is 9.18 Å². The van der Waals surface area contributed by atoms with Crippen molar-refractivity contribution >= 4 is 5.91 Å². The van der Waals surface area contributed by atoms with Gasteiger partial charge in [-0.05, 0) is 30.5 Å². The second kappa shape index (κ2) is 6.83. The predicted octanol–water partition coefficient (Wildman–Crippen LogP) is 2.69. The highest BCUT2D eigenvalue weighted by Crippen LogP contribution is 2.45. The Labute approximate surface area is 153 Å². The summed E-state index contributed by atoms with van der Waals surface area (Å²) in [4.78, 5) is 20.8. The second-order valence-electron chi connectivity index (χ2n) is 7.46. The van der Waals surface area contributed by atoms with Crippen LogP contribution in [0.1, 0.15) is 31.1 Å². The second-order valence-corrected chi connectivity index (χ2v) is 7.46. The van der Waals surface area contributed by atoms with E-state index >= 15 is 0 Å². The van der Waals surface area contributed by atoms with Crippen LogP contribution in [0.4, 0.5) is 4.39 Å². The van der Waals surface area contributed by atoms with E-state index in [4.69, 9.17) is 0 Å². The predicted molar refractivity (Wildman–Crippen MR) is 96.7 cm³/mol. The normalized spacial score (nSPS) is 25.7. The van der Waals surface area contributed by atoms with Crippen LogP contribution in [0.15, 0.2) is 36.8 Å². The van der Waals surface area contributed by atoms with Crippen LogP contribution in [-0.2, 0) is 17.9 Å². The van der Waals surface area contributed by atoms with Gasteiger partial charge in [-0.2, -0.15) is 0 Å². The van der Waals surface area contributed by atoms with Crippen molar-refractivity contribution in [2.75, 3.05) is 19.6 Å². The summed E-state index contributed by atoms with van der Waals surface area (Å²) in [6, 6.07) is 6.69. The van der Waals surface area contributed by atoms with E-state index < -0.39 is 0 Å². The summed E-state index contributed by atoms with van der Waals surface area (Å²) in [7, 11) is 0. The van der Waals surface area contributed by atoms with Gasteiger partial charge < -0.3 is 9.47 Å². The summed E-state index contributed by atoms with van der Waals surface area (Å²) >= 11 is 0. The number of nitrogens with zero attached hydrogens (tertiary/aromatic N) is 4. The Bertz CT molecular complexity index is 805. The Hall–Kier alpha value is -2.21. The number of amides is 1. The highest BCUT2D eigenvalue weighted by molar-refractivity contribution is 5.74. The zero-order valence-corrected chi connectivity index (χ0v) is 15.3. The van der Waals surface area contributed by atoms with Gasteiger partial charge in [0.1, 0.15) is 5.82 Å². The van der Waals surface area contributed by atoms with Crippen molar-refractivity contribution in [2.45, 2.75) is 33.0 Å². The minimum Gasteiger partial charge on any atom is -0.335 e. The van der Waals surface area contributed by atoms with E-state index in [1.165, 1.54) is 11.8 Å². The molecule has 138 valence electrons. The molecule has 0 unspecified atom stereocenters. The molecule has 0 aliphatic carbocycles. The summed E-state index contributed by atoms with van der Waals surface area (Å²) in [6.45, 7) is 8.17. The summed E-state index contributed by atoms with van der Waals surface area (Å²) < 4.78 is 15.9. The monoisotopic (exact) mass is 356 g/mol. The number of halogens is 1. The Morgan fingerprint density at radius 1 is 1.31 bits per heavy atom. The van der Waals surface area contributed by atoms with Crippen LogP contribution in [0.3, 0.4) is 0 Å². The molecule has 0 bridgehead atoms. The topological polar surface area (TPSA) is 41.4 Å². The molecule has 6 heteroatoms. The molecule has 0 saturated carbocycles. The van der Waals surface area contributed by atoms with Crippen molar-refractivity contribution < 1.29 is 9.18 Å². The molecule has 2 aliphatic rings. The van der Waals surface area contributed by atoms with Crippen LogP contribution >= 0.6 is 0 Å².